The highest BCUT2D eigenvalue weighted by molar-refractivity contribution is 7.14. The van der Waals surface area contributed by atoms with Gasteiger partial charge in [-0.05, 0) is 37.1 Å². The van der Waals surface area contributed by atoms with Crippen molar-refractivity contribution in [1.29, 1.82) is 0 Å². The second kappa shape index (κ2) is 8.85. The number of alkyl halides is 3. The van der Waals surface area contributed by atoms with Gasteiger partial charge in [-0.2, -0.15) is 13.2 Å². The Bertz CT molecular complexity index is 1280. The lowest BCUT2D eigenvalue weighted by atomic mass is 9.87. The number of hydrogen-bond donors (Lipinski definition) is 1. The van der Waals surface area contributed by atoms with Crippen molar-refractivity contribution in [1.82, 2.24) is 15.0 Å². The maximum atomic E-state index is 13.9. The summed E-state index contributed by atoms with van der Waals surface area (Å²) in [6.07, 6.45) is -2.18. The summed E-state index contributed by atoms with van der Waals surface area (Å²) in [7, 11) is 0. The zero-order valence-electron chi connectivity index (χ0n) is 17.8. The Balaban J connectivity index is 1.51. The minimum absolute atomic E-state index is 0.124. The van der Waals surface area contributed by atoms with Crippen molar-refractivity contribution in [2.45, 2.75) is 38.5 Å². The predicted molar refractivity (Wildman–Crippen MR) is 116 cm³/mol. The molecule has 0 saturated carbocycles. The molecule has 2 aromatic heterocycles. The van der Waals surface area contributed by atoms with Crippen molar-refractivity contribution in [3.8, 4) is 11.3 Å². The van der Waals surface area contributed by atoms with Gasteiger partial charge >= 0.3 is 6.18 Å². The number of ketones is 1. The van der Waals surface area contributed by atoms with Crippen molar-refractivity contribution in [3.63, 3.8) is 0 Å². The van der Waals surface area contributed by atoms with Crippen LogP contribution < -0.4 is 5.32 Å². The number of thiazole rings is 1. The molecule has 7 nitrogen and oxygen atoms in total. The summed E-state index contributed by atoms with van der Waals surface area (Å²) in [5.41, 5.74) is 0.0624. The standard InChI is InChI=1S/C22H17F4N4O3S/c1-10-14-8-27-7-13(19(14)20(32)11(2)30(10)33)6-18(31)29-21-28-17(9-34-21)12-3-4-15(16(23)5-12)22(24,25)26/h3-5,7-11H,6H2,1-2H3,(H,28,29,31)/q-1. The number of nitrogens with zero attached hydrogens (tertiary/aromatic N) is 3. The number of amides is 1. The topological polar surface area (TPSA) is 98.2 Å². The number of anilines is 1. The van der Waals surface area contributed by atoms with Crippen LogP contribution in [0.3, 0.4) is 0 Å². The number of carbonyl (C=O) groups excluding carboxylic acids is 2. The van der Waals surface area contributed by atoms with Crippen molar-refractivity contribution in [2.75, 3.05) is 5.32 Å². The Labute approximate surface area is 195 Å². The second-order valence-electron chi connectivity index (χ2n) is 7.79. The molecule has 34 heavy (non-hydrogen) atoms. The molecular weight excluding hydrogens is 476 g/mol. The smallest absolute Gasteiger partial charge is 0.419 e. The molecule has 0 fully saturated rings. The number of fused-ring (bicyclic) bond motifs is 1. The summed E-state index contributed by atoms with van der Waals surface area (Å²) in [6, 6.07) is 0.983. The van der Waals surface area contributed by atoms with Crippen LogP contribution in [0.4, 0.5) is 22.7 Å². The number of hydrogen-bond acceptors (Lipinski definition) is 7. The Morgan fingerprint density at radius 2 is 1.97 bits per heavy atom. The molecule has 178 valence electrons. The molecule has 1 N–H and O–H groups in total. The van der Waals surface area contributed by atoms with E-state index in [1.54, 1.807) is 6.92 Å². The van der Waals surface area contributed by atoms with Crippen LogP contribution in [0.25, 0.3) is 11.3 Å². The number of Topliss-reactive ketones (excluding diaryl/α,β-unsaturated/α-hetero) is 1. The first-order valence-corrected chi connectivity index (χ1v) is 10.9. The third kappa shape index (κ3) is 4.43. The first-order valence-electron chi connectivity index (χ1n) is 10.1. The highest BCUT2D eigenvalue weighted by Crippen LogP contribution is 2.35. The average molecular weight is 493 g/mol. The van der Waals surface area contributed by atoms with Crippen LogP contribution in [-0.4, -0.2) is 32.8 Å². The molecule has 0 spiro atoms. The Kier molecular flexibility index (Phi) is 6.23. The monoisotopic (exact) mass is 493 g/mol. The number of hydroxylamine groups is 2. The van der Waals surface area contributed by atoms with Crippen LogP contribution in [0.15, 0.2) is 36.0 Å². The summed E-state index contributed by atoms with van der Waals surface area (Å²) in [4.78, 5) is 33.5. The van der Waals surface area contributed by atoms with E-state index in [1.165, 1.54) is 24.7 Å². The molecule has 0 bridgehead atoms. The fourth-order valence-corrected chi connectivity index (χ4v) is 4.51. The first kappa shape index (κ1) is 23.9. The normalized spacial score (nSPS) is 18.6. The van der Waals surface area contributed by atoms with E-state index in [1.807, 2.05) is 0 Å². The molecule has 1 aliphatic rings. The van der Waals surface area contributed by atoms with Crippen molar-refractivity contribution < 1.29 is 27.2 Å². The molecule has 12 heteroatoms. The molecular formula is C22H17F4N4O3S-. The maximum absolute atomic E-state index is 13.9. The lowest BCUT2D eigenvalue weighted by molar-refractivity contribution is -0.140. The third-order valence-corrected chi connectivity index (χ3v) is 6.32. The zero-order chi connectivity index (χ0) is 24.8. The van der Waals surface area contributed by atoms with Gasteiger partial charge < -0.3 is 15.6 Å². The second-order valence-corrected chi connectivity index (χ2v) is 8.65. The molecule has 1 amide bonds. The lowest BCUT2D eigenvalue weighted by Crippen LogP contribution is -2.42. The number of benzene rings is 1. The lowest BCUT2D eigenvalue weighted by Gasteiger charge is -2.44. The summed E-state index contributed by atoms with van der Waals surface area (Å²) in [6.45, 7) is 3.15. The van der Waals surface area contributed by atoms with Gasteiger partial charge in [0, 0.05) is 34.9 Å². The highest BCUT2D eigenvalue weighted by Gasteiger charge is 2.34. The minimum atomic E-state index is -4.81. The highest BCUT2D eigenvalue weighted by atomic mass is 32.1. The molecule has 4 rings (SSSR count). The number of rotatable bonds is 4. The van der Waals surface area contributed by atoms with Gasteiger partial charge in [-0.25, -0.2) is 9.37 Å². The summed E-state index contributed by atoms with van der Waals surface area (Å²) < 4.78 is 52.1. The average Bonchev–Trinajstić information content (AvgIpc) is 3.23. The van der Waals surface area contributed by atoms with Crippen LogP contribution in [0.2, 0.25) is 0 Å². The van der Waals surface area contributed by atoms with Crippen LogP contribution in [0, 0.1) is 11.0 Å². The quantitative estimate of drug-likeness (QED) is 0.515. The number of aromatic nitrogens is 2. The van der Waals surface area contributed by atoms with E-state index in [4.69, 9.17) is 0 Å². The molecule has 1 aromatic carbocycles. The molecule has 3 heterocycles. The van der Waals surface area contributed by atoms with Gasteiger partial charge in [0.25, 0.3) is 0 Å². The van der Waals surface area contributed by atoms with Crippen molar-refractivity contribution in [2.24, 2.45) is 0 Å². The van der Waals surface area contributed by atoms with E-state index in [2.05, 4.69) is 15.3 Å². The fourth-order valence-electron chi connectivity index (χ4n) is 3.77. The zero-order valence-corrected chi connectivity index (χ0v) is 18.6. The molecule has 1 aliphatic heterocycles. The minimum Gasteiger partial charge on any atom is -0.784 e. The molecule has 2 atom stereocenters. The van der Waals surface area contributed by atoms with E-state index in [-0.39, 0.29) is 22.8 Å². The van der Waals surface area contributed by atoms with Crippen LogP contribution in [0.1, 0.15) is 46.9 Å². The van der Waals surface area contributed by atoms with Gasteiger partial charge in [-0.15, -0.1) is 11.3 Å². The van der Waals surface area contributed by atoms with Crippen molar-refractivity contribution in [3.05, 3.63) is 69.3 Å². The van der Waals surface area contributed by atoms with E-state index in [9.17, 15) is 32.4 Å². The van der Waals surface area contributed by atoms with E-state index in [0.717, 1.165) is 23.5 Å². The SMILES string of the molecule is CC1C(=O)c2c(CC(=O)Nc3nc(-c4ccc(C(F)(F)F)c(F)c4)cs3)cncc2C(C)N1[O-]. The number of halogens is 4. The molecule has 0 radical (unpaired) electrons. The molecule has 3 aromatic rings. The van der Waals surface area contributed by atoms with Gasteiger partial charge in [-0.3, -0.25) is 14.6 Å². The Morgan fingerprint density at radius 1 is 1.24 bits per heavy atom. The number of carbonyl (C=O) groups is 2. The number of nitrogens with one attached hydrogen (secondary N) is 1. The van der Waals surface area contributed by atoms with Crippen LogP contribution in [-0.2, 0) is 17.4 Å². The van der Waals surface area contributed by atoms with E-state index in [0.29, 0.717) is 27.8 Å². The van der Waals surface area contributed by atoms with Gasteiger partial charge in [-0.1, -0.05) is 6.07 Å². The first-order chi connectivity index (χ1) is 16.0. The summed E-state index contributed by atoms with van der Waals surface area (Å²) in [5.74, 6) is -2.32. The Morgan fingerprint density at radius 3 is 2.65 bits per heavy atom. The molecule has 0 saturated heterocycles. The van der Waals surface area contributed by atoms with Crippen LogP contribution in [0.5, 0.6) is 0 Å². The fraction of sp³-hybridized carbons (Fsp3) is 0.273. The number of pyridine rings is 1. The van der Waals surface area contributed by atoms with E-state index < -0.39 is 41.3 Å². The van der Waals surface area contributed by atoms with Crippen LogP contribution >= 0.6 is 11.3 Å². The van der Waals surface area contributed by atoms with Crippen molar-refractivity contribution >= 4 is 28.2 Å². The third-order valence-electron chi connectivity index (χ3n) is 5.56. The van der Waals surface area contributed by atoms with Gasteiger partial charge in [0.05, 0.1) is 23.7 Å². The van der Waals surface area contributed by atoms with Gasteiger partial charge in [0.2, 0.25) is 5.91 Å². The van der Waals surface area contributed by atoms with E-state index >= 15 is 0 Å². The Hall–Kier alpha value is -3.22. The predicted octanol–water partition coefficient (Wildman–Crippen LogP) is 4.99. The summed E-state index contributed by atoms with van der Waals surface area (Å²) >= 11 is 1.01. The van der Waals surface area contributed by atoms with Gasteiger partial charge in [0.1, 0.15) is 5.82 Å². The summed E-state index contributed by atoms with van der Waals surface area (Å²) in [5, 5.41) is 17.1. The molecule has 0 aliphatic carbocycles. The van der Waals surface area contributed by atoms with Gasteiger partial charge in [0.15, 0.2) is 10.9 Å². The maximum Gasteiger partial charge on any atom is 0.419 e. The molecule has 2 unspecified atom stereocenters. The largest absolute Gasteiger partial charge is 0.784 e.